The topological polar surface area (TPSA) is 21.3 Å². The quantitative estimate of drug-likeness (QED) is 0.683. The standard InChI is InChI=1S/C12H23NO/c1-10-5-4-6-12(7-10)14-9-11(2)8-13-3/h10,12-13H,2,4-9H2,1,3H3. The minimum Gasteiger partial charge on any atom is -0.374 e. The first kappa shape index (κ1) is 11.7. The van der Waals surface area contributed by atoms with Gasteiger partial charge in [-0.3, -0.25) is 0 Å². The van der Waals surface area contributed by atoms with Crippen molar-refractivity contribution in [2.75, 3.05) is 20.2 Å². The number of hydrogen-bond donors (Lipinski definition) is 1. The Bertz CT molecular complexity index is 179. The van der Waals surface area contributed by atoms with Crippen molar-refractivity contribution in [3.05, 3.63) is 12.2 Å². The van der Waals surface area contributed by atoms with Crippen LogP contribution in [-0.4, -0.2) is 26.3 Å². The maximum absolute atomic E-state index is 5.83. The van der Waals surface area contributed by atoms with Crippen molar-refractivity contribution < 1.29 is 4.74 Å². The molecule has 0 aromatic heterocycles. The fraction of sp³-hybridized carbons (Fsp3) is 0.833. The van der Waals surface area contributed by atoms with Gasteiger partial charge in [-0.1, -0.05) is 26.3 Å². The molecule has 2 heteroatoms. The van der Waals surface area contributed by atoms with Gasteiger partial charge >= 0.3 is 0 Å². The number of likely N-dealkylation sites (N-methyl/N-ethyl adjacent to an activating group) is 1. The van der Waals surface area contributed by atoms with Gasteiger partial charge in [-0.05, 0) is 31.4 Å². The van der Waals surface area contributed by atoms with Crippen molar-refractivity contribution in [2.45, 2.75) is 38.7 Å². The smallest absolute Gasteiger partial charge is 0.0690 e. The summed E-state index contributed by atoms with van der Waals surface area (Å²) >= 11 is 0. The summed E-state index contributed by atoms with van der Waals surface area (Å²) < 4.78 is 5.83. The largest absolute Gasteiger partial charge is 0.374 e. The van der Waals surface area contributed by atoms with E-state index in [-0.39, 0.29) is 0 Å². The second kappa shape index (κ2) is 6.20. The van der Waals surface area contributed by atoms with Crippen molar-refractivity contribution in [1.82, 2.24) is 5.32 Å². The van der Waals surface area contributed by atoms with Crippen LogP contribution in [0.25, 0.3) is 0 Å². The summed E-state index contributed by atoms with van der Waals surface area (Å²) in [6, 6.07) is 0. The molecule has 2 atom stereocenters. The van der Waals surface area contributed by atoms with E-state index in [1.807, 2.05) is 7.05 Å². The van der Waals surface area contributed by atoms with E-state index in [0.717, 1.165) is 24.6 Å². The molecule has 1 aliphatic carbocycles. The Morgan fingerprint density at radius 2 is 2.29 bits per heavy atom. The maximum Gasteiger partial charge on any atom is 0.0690 e. The van der Waals surface area contributed by atoms with Gasteiger partial charge in [0.05, 0.1) is 12.7 Å². The predicted molar refractivity (Wildman–Crippen MR) is 60.4 cm³/mol. The fourth-order valence-electron chi connectivity index (χ4n) is 2.07. The third-order valence-corrected chi connectivity index (χ3v) is 2.84. The summed E-state index contributed by atoms with van der Waals surface area (Å²) in [5, 5.41) is 3.08. The summed E-state index contributed by atoms with van der Waals surface area (Å²) in [7, 11) is 1.94. The Morgan fingerprint density at radius 3 is 2.93 bits per heavy atom. The molecule has 0 radical (unpaired) electrons. The third-order valence-electron chi connectivity index (χ3n) is 2.84. The Morgan fingerprint density at radius 1 is 1.50 bits per heavy atom. The van der Waals surface area contributed by atoms with E-state index in [9.17, 15) is 0 Å². The molecule has 0 bridgehead atoms. The molecule has 1 rings (SSSR count). The van der Waals surface area contributed by atoms with Crippen LogP contribution >= 0.6 is 0 Å². The lowest BCUT2D eigenvalue weighted by atomic mass is 9.89. The van der Waals surface area contributed by atoms with Crippen LogP contribution in [0.15, 0.2) is 12.2 Å². The van der Waals surface area contributed by atoms with Crippen molar-refractivity contribution in [1.29, 1.82) is 0 Å². The van der Waals surface area contributed by atoms with Crippen LogP contribution in [0.2, 0.25) is 0 Å². The van der Waals surface area contributed by atoms with Crippen LogP contribution in [0.1, 0.15) is 32.6 Å². The van der Waals surface area contributed by atoms with Crippen LogP contribution in [0.5, 0.6) is 0 Å². The van der Waals surface area contributed by atoms with Crippen LogP contribution < -0.4 is 5.32 Å². The zero-order valence-electron chi connectivity index (χ0n) is 9.51. The zero-order valence-corrected chi connectivity index (χ0v) is 9.51. The van der Waals surface area contributed by atoms with E-state index in [1.54, 1.807) is 0 Å². The lowest BCUT2D eigenvalue weighted by Crippen LogP contribution is -2.23. The zero-order chi connectivity index (χ0) is 10.4. The molecule has 2 nitrogen and oxygen atoms in total. The van der Waals surface area contributed by atoms with E-state index < -0.39 is 0 Å². The molecule has 0 aromatic carbocycles. The van der Waals surface area contributed by atoms with Crippen LogP contribution in [0, 0.1) is 5.92 Å². The number of nitrogens with one attached hydrogen (secondary N) is 1. The van der Waals surface area contributed by atoms with Gasteiger partial charge in [0.1, 0.15) is 0 Å². The first-order chi connectivity index (χ1) is 6.72. The normalized spacial score (nSPS) is 27.6. The summed E-state index contributed by atoms with van der Waals surface area (Å²) in [4.78, 5) is 0. The Hall–Kier alpha value is -0.340. The molecule has 0 aliphatic heterocycles. The number of rotatable bonds is 5. The molecular weight excluding hydrogens is 174 g/mol. The molecule has 1 N–H and O–H groups in total. The van der Waals surface area contributed by atoms with Crippen LogP contribution in [0.3, 0.4) is 0 Å². The van der Waals surface area contributed by atoms with Gasteiger partial charge in [0.15, 0.2) is 0 Å². The Labute approximate surface area is 87.7 Å². The molecule has 0 heterocycles. The SMILES string of the molecule is C=C(CNC)COC1CCCC(C)C1. The minimum atomic E-state index is 0.479. The molecule has 0 amide bonds. The summed E-state index contributed by atoms with van der Waals surface area (Å²) in [6.45, 7) is 7.86. The molecule has 1 aliphatic rings. The molecular formula is C12H23NO. The first-order valence-corrected chi connectivity index (χ1v) is 5.65. The number of hydrogen-bond acceptors (Lipinski definition) is 2. The Balaban J connectivity index is 2.14. The van der Waals surface area contributed by atoms with Crippen LogP contribution in [-0.2, 0) is 4.74 Å². The van der Waals surface area contributed by atoms with E-state index >= 15 is 0 Å². The van der Waals surface area contributed by atoms with E-state index in [4.69, 9.17) is 4.74 Å². The van der Waals surface area contributed by atoms with Gasteiger partial charge in [0.2, 0.25) is 0 Å². The fourth-order valence-corrected chi connectivity index (χ4v) is 2.07. The van der Waals surface area contributed by atoms with E-state index in [1.165, 1.54) is 25.7 Å². The summed E-state index contributed by atoms with van der Waals surface area (Å²) in [6.07, 6.45) is 5.64. The molecule has 1 fully saturated rings. The lowest BCUT2D eigenvalue weighted by Gasteiger charge is -2.27. The molecule has 82 valence electrons. The molecule has 0 spiro atoms. The van der Waals surface area contributed by atoms with Gasteiger partial charge in [-0.2, -0.15) is 0 Å². The van der Waals surface area contributed by atoms with Gasteiger partial charge in [-0.15, -0.1) is 0 Å². The van der Waals surface area contributed by atoms with Gasteiger partial charge < -0.3 is 10.1 Å². The van der Waals surface area contributed by atoms with Crippen molar-refractivity contribution in [3.8, 4) is 0 Å². The predicted octanol–water partition coefficient (Wildman–Crippen LogP) is 2.36. The average Bonchev–Trinajstić information content (AvgIpc) is 2.15. The number of ether oxygens (including phenoxy) is 1. The van der Waals surface area contributed by atoms with Crippen molar-refractivity contribution in [3.63, 3.8) is 0 Å². The molecule has 0 aromatic rings. The minimum absolute atomic E-state index is 0.479. The highest BCUT2D eigenvalue weighted by Crippen LogP contribution is 2.25. The lowest BCUT2D eigenvalue weighted by molar-refractivity contribution is 0.0281. The highest BCUT2D eigenvalue weighted by atomic mass is 16.5. The van der Waals surface area contributed by atoms with Crippen molar-refractivity contribution in [2.24, 2.45) is 5.92 Å². The highest BCUT2D eigenvalue weighted by Gasteiger charge is 2.19. The van der Waals surface area contributed by atoms with Gasteiger partial charge in [0, 0.05) is 6.54 Å². The van der Waals surface area contributed by atoms with E-state index in [0.29, 0.717) is 6.10 Å². The van der Waals surface area contributed by atoms with E-state index in [2.05, 4.69) is 18.8 Å². The van der Waals surface area contributed by atoms with Crippen LogP contribution in [0.4, 0.5) is 0 Å². The molecule has 0 saturated heterocycles. The van der Waals surface area contributed by atoms with Crippen molar-refractivity contribution >= 4 is 0 Å². The monoisotopic (exact) mass is 197 g/mol. The van der Waals surface area contributed by atoms with Gasteiger partial charge in [-0.25, -0.2) is 0 Å². The third kappa shape index (κ3) is 4.25. The summed E-state index contributed by atoms with van der Waals surface area (Å²) in [5.74, 6) is 0.839. The molecule has 14 heavy (non-hydrogen) atoms. The first-order valence-electron chi connectivity index (χ1n) is 5.65. The second-order valence-corrected chi connectivity index (χ2v) is 4.49. The molecule has 1 saturated carbocycles. The maximum atomic E-state index is 5.83. The molecule has 2 unspecified atom stereocenters. The summed E-state index contributed by atoms with van der Waals surface area (Å²) in [5.41, 5.74) is 1.14. The van der Waals surface area contributed by atoms with Gasteiger partial charge in [0.25, 0.3) is 0 Å². The average molecular weight is 197 g/mol. The highest BCUT2D eigenvalue weighted by molar-refractivity contribution is 4.96. The second-order valence-electron chi connectivity index (χ2n) is 4.49. The Kier molecular flexibility index (Phi) is 5.20.